The smallest absolute Gasteiger partial charge is 0.207 e. The molecule has 120 valence electrons. The van der Waals surface area contributed by atoms with Gasteiger partial charge in [0.2, 0.25) is 10.0 Å². The van der Waals surface area contributed by atoms with Gasteiger partial charge in [-0.05, 0) is 42.8 Å². The molecule has 0 heterocycles. The molecule has 0 aliphatic rings. The molecule has 2 aromatic rings. The molecule has 2 rings (SSSR count). The average molecular weight is 332 g/mol. The van der Waals surface area contributed by atoms with Crippen molar-refractivity contribution in [2.24, 2.45) is 0 Å². The third-order valence-corrected chi connectivity index (χ3v) is 5.71. The van der Waals surface area contributed by atoms with E-state index in [0.29, 0.717) is 5.56 Å². The lowest BCUT2D eigenvalue weighted by Gasteiger charge is -2.27. The molecular formula is C17H17FN2O2S. The van der Waals surface area contributed by atoms with E-state index in [1.807, 2.05) is 6.07 Å². The van der Waals surface area contributed by atoms with Crippen LogP contribution in [0.5, 0.6) is 0 Å². The zero-order valence-corrected chi connectivity index (χ0v) is 13.7. The van der Waals surface area contributed by atoms with Gasteiger partial charge in [-0.15, -0.1) is 0 Å². The maximum absolute atomic E-state index is 13.4. The van der Waals surface area contributed by atoms with Crippen LogP contribution >= 0.6 is 0 Å². The molecule has 0 amide bonds. The van der Waals surface area contributed by atoms with E-state index in [0.717, 1.165) is 11.6 Å². The summed E-state index contributed by atoms with van der Waals surface area (Å²) < 4.78 is 40.2. The number of halogens is 1. The first-order valence-electron chi connectivity index (χ1n) is 7.17. The molecule has 0 N–H and O–H groups in total. The molecule has 0 aromatic heterocycles. The average Bonchev–Trinajstić information content (AvgIpc) is 2.55. The van der Waals surface area contributed by atoms with E-state index in [1.54, 1.807) is 38.1 Å². The Kier molecular flexibility index (Phi) is 5.14. The summed E-state index contributed by atoms with van der Waals surface area (Å²) in [6.07, 6.45) is 0. The summed E-state index contributed by atoms with van der Waals surface area (Å²) in [7, 11) is -3.81. The number of nitrogens with zero attached hydrogens (tertiary/aromatic N) is 2. The van der Waals surface area contributed by atoms with Crippen LogP contribution in [-0.4, -0.2) is 19.3 Å². The van der Waals surface area contributed by atoms with Gasteiger partial charge in [0.25, 0.3) is 0 Å². The van der Waals surface area contributed by atoms with Crippen LogP contribution in [0.3, 0.4) is 0 Å². The van der Waals surface area contributed by atoms with Crippen molar-refractivity contribution in [3.8, 4) is 6.07 Å². The third-order valence-electron chi connectivity index (χ3n) is 3.67. The van der Waals surface area contributed by atoms with E-state index in [9.17, 15) is 12.8 Å². The van der Waals surface area contributed by atoms with Crippen molar-refractivity contribution in [3.63, 3.8) is 0 Å². The summed E-state index contributed by atoms with van der Waals surface area (Å²) in [5.74, 6) is -0.590. The van der Waals surface area contributed by atoms with Gasteiger partial charge < -0.3 is 0 Å². The molecule has 2 aromatic carbocycles. The van der Waals surface area contributed by atoms with E-state index < -0.39 is 21.9 Å². The molecule has 1 atom stereocenters. The summed E-state index contributed by atoms with van der Waals surface area (Å²) in [5, 5.41) is 8.83. The number of nitriles is 1. The lowest BCUT2D eigenvalue weighted by atomic mass is 10.1. The lowest BCUT2D eigenvalue weighted by Crippen LogP contribution is -2.33. The minimum Gasteiger partial charge on any atom is -0.207 e. The van der Waals surface area contributed by atoms with E-state index in [-0.39, 0.29) is 11.4 Å². The van der Waals surface area contributed by atoms with Gasteiger partial charge in [-0.2, -0.15) is 9.57 Å². The number of benzene rings is 2. The van der Waals surface area contributed by atoms with Crippen molar-refractivity contribution in [2.45, 2.75) is 24.8 Å². The molecule has 0 radical (unpaired) electrons. The van der Waals surface area contributed by atoms with Crippen molar-refractivity contribution < 1.29 is 12.8 Å². The predicted molar refractivity (Wildman–Crippen MR) is 85.5 cm³/mol. The fourth-order valence-corrected chi connectivity index (χ4v) is 4.08. The first-order valence-corrected chi connectivity index (χ1v) is 8.61. The van der Waals surface area contributed by atoms with E-state index in [2.05, 4.69) is 0 Å². The molecule has 0 aliphatic heterocycles. The maximum atomic E-state index is 13.4. The Morgan fingerprint density at radius 2 is 1.87 bits per heavy atom. The topological polar surface area (TPSA) is 61.2 Å². The Morgan fingerprint density at radius 1 is 1.22 bits per heavy atom. The molecule has 0 saturated heterocycles. The third kappa shape index (κ3) is 3.58. The Bertz CT molecular complexity index is 826. The van der Waals surface area contributed by atoms with Gasteiger partial charge in [0.05, 0.1) is 16.5 Å². The van der Waals surface area contributed by atoms with Crippen LogP contribution in [-0.2, 0) is 10.0 Å². The molecular weight excluding hydrogens is 315 g/mol. The van der Waals surface area contributed by atoms with Crippen LogP contribution in [0.1, 0.15) is 31.0 Å². The number of rotatable bonds is 5. The Morgan fingerprint density at radius 3 is 2.39 bits per heavy atom. The zero-order chi connectivity index (χ0) is 17.0. The minimum absolute atomic E-state index is 0.0696. The summed E-state index contributed by atoms with van der Waals surface area (Å²) >= 11 is 0. The molecule has 4 nitrogen and oxygen atoms in total. The fraction of sp³-hybridized carbons (Fsp3) is 0.235. The largest absolute Gasteiger partial charge is 0.243 e. The summed E-state index contributed by atoms with van der Waals surface area (Å²) in [6, 6.07) is 13.3. The molecule has 0 fully saturated rings. The highest BCUT2D eigenvalue weighted by Crippen LogP contribution is 2.27. The molecule has 6 heteroatoms. The highest BCUT2D eigenvalue weighted by Gasteiger charge is 2.28. The highest BCUT2D eigenvalue weighted by molar-refractivity contribution is 7.89. The quantitative estimate of drug-likeness (QED) is 0.842. The lowest BCUT2D eigenvalue weighted by molar-refractivity contribution is 0.357. The molecule has 0 spiro atoms. The van der Waals surface area contributed by atoms with Crippen molar-refractivity contribution in [1.82, 2.24) is 4.31 Å². The first kappa shape index (κ1) is 17.1. The van der Waals surface area contributed by atoms with Crippen molar-refractivity contribution in [2.75, 3.05) is 6.54 Å². The van der Waals surface area contributed by atoms with Gasteiger partial charge >= 0.3 is 0 Å². The predicted octanol–water partition coefficient (Wildman–Crippen LogP) is 3.47. The van der Waals surface area contributed by atoms with Gasteiger partial charge in [-0.25, -0.2) is 12.8 Å². The summed E-state index contributed by atoms with van der Waals surface area (Å²) in [5.41, 5.74) is 1.28. The summed E-state index contributed by atoms with van der Waals surface area (Å²) in [4.78, 5) is -0.0696. The Labute approximate surface area is 135 Å². The van der Waals surface area contributed by atoms with Gasteiger partial charge in [0, 0.05) is 12.6 Å². The minimum atomic E-state index is -3.81. The molecule has 1 unspecified atom stereocenters. The SMILES string of the molecule is CCN(C(C)c1ccc(C#N)cc1)S(=O)(=O)c1cccc(F)c1. The van der Waals surface area contributed by atoms with Crippen LogP contribution < -0.4 is 0 Å². The van der Waals surface area contributed by atoms with E-state index in [4.69, 9.17) is 5.26 Å². The van der Waals surface area contributed by atoms with Crippen LogP contribution in [0, 0.1) is 17.1 Å². The maximum Gasteiger partial charge on any atom is 0.243 e. The number of hydrogen-bond donors (Lipinski definition) is 0. The Balaban J connectivity index is 2.39. The standard InChI is InChI=1S/C17H17FN2O2S/c1-3-20(13(2)15-9-7-14(12-19)8-10-15)23(21,22)17-6-4-5-16(18)11-17/h4-11,13H,3H2,1-2H3. The Hall–Kier alpha value is -2.23. The van der Waals surface area contributed by atoms with Gasteiger partial charge in [0.1, 0.15) is 5.82 Å². The highest BCUT2D eigenvalue weighted by atomic mass is 32.2. The summed E-state index contributed by atoms with van der Waals surface area (Å²) in [6.45, 7) is 3.75. The second-order valence-corrected chi connectivity index (χ2v) is 6.97. The van der Waals surface area contributed by atoms with Crippen molar-refractivity contribution in [3.05, 3.63) is 65.5 Å². The van der Waals surface area contributed by atoms with Gasteiger partial charge in [-0.3, -0.25) is 0 Å². The van der Waals surface area contributed by atoms with Crippen LogP contribution in [0.2, 0.25) is 0 Å². The number of hydrogen-bond acceptors (Lipinski definition) is 3. The normalized spacial score (nSPS) is 12.8. The first-order chi connectivity index (χ1) is 10.9. The van der Waals surface area contributed by atoms with Gasteiger partial charge in [-0.1, -0.05) is 25.1 Å². The zero-order valence-electron chi connectivity index (χ0n) is 12.9. The second kappa shape index (κ2) is 6.90. The van der Waals surface area contributed by atoms with Crippen LogP contribution in [0.15, 0.2) is 53.4 Å². The second-order valence-electron chi connectivity index (χ2n) is 5.08. The van der Waals surface area contributed by atoms with E-state index >= 15 is 0 Å². The molecule has 0 saturated carbocycles. The monoisotopic (exact) mass is 332 g/mol. The number of sulfonamides is 1. The fourth-order valence-electron chi connectivity index (χ4n) is 2.42. The van der Waals surface area contributed by atoms with Gasteiger partial charge in [0.15, 0.2) is 0 Å². The molecule has 23 heavy (non-hydrogen) atoms. The van der Waals surface area contributed by atoms with Crippen molar-refractivity contribution in [1.29, 1.82) is 5.26 Å². The molecule has 0 bridgehead atoms. The van der Waals surface area contributed by atoms with Crippen molar-refractivity contribution >= 4 is 10.0 Å². The van der Waals surface area contributed by atoms with E-state index in [1.165, 1.54) is 22.5 Å². The van der Waals surface area contributed by atoms with Crippen LogP contribution in [0.25, 0.3) is 0 Å². The van der Waals surface area contributed by atoms with Crippen LogP contribution in [0.4, 0.5) is 4.39 Å². The molecule has 0 aliphatic carbocycles.